The predicted molar refractivity (Wildman–Crippen MR) is 76.8 cm³/mol. The molecular formula is C13H26N2O2S. The van der Waals surface area contributed by atoms with Gasteiger partial charge in [-0.3, -0.25) is 9.69 Å². The Bertz CT molecular complexity index is 273. The van der Waals surface area contributed by atoms with Crippen LogP contribution in [-0.4, -0.2) is 59.2 Å². The zero-order valence-electron chi connectivity index (χ0n) is 11.9. The van der Waals surface area contributed by atoms with Gasteiger partial charge in [-0.05, 0) is 12.3 Å². The van der Waals surface area contributed by atoms with Crippen molar-refractivity contribution < 1.29 is 9.90 Å². The molecule has 0 aromatic heterocycles. The van der Waals surface area contributed by atoms with E-state index in [2.05, 4.69) is 10.2 Å². The van der Waals surface area contributed by atoms with Crippen LogP contribution in [0.3, 0.4) is 0 Å². The molecule has 1 amide bonds. The Labute approximate surface area is 115 Å². The lowest BCUT2D eigenvalue weighted by Crippen LogP contribution is -2.50. The Kier molecular flexibility index (Phi) is 5.95. The fourth-order valence-electron chi connectivity index (χ4n) is 1.78. The van der Waals surface area contributed by atoms with Crippen molar-refractivity contribution in [1.29, 1.82) is 0 Å². The first kappa shape index (κ1) is 15.8. The minimum absolute atomic E-state index is 0.0187. The molecule has 1 rings (SSSR count). The number of aliphatic hydroxyl groups excluding tert-OH is 1. The van der Waals surface area contributed by atoms with Crippen LogP contribution in [0.2, 0.25) is 0 Å². The Morgan fingerprint density at radius 3 is 2.44 bits per heavy atom. The van der Waals surface area contributed by atoms with Crippen LogP contribution < -0.4 is 5.32 Å². The number of carbonyl (C=O) groups is 1. The van der Waals surface area contributed by atoms with Gasteiger partial charge in [0, 0.05) is 31.1 Å². The van der Waals surface area contributed by atoms with Gasteiger partial charge in [-0.15, -0.1) is 0 Å². The first-order chi connectivity index (χ1) is 8.32. The number of amides is 1. The van der Waals surface area contributed by atoms with Crippen molar-refractivity contribution in [2.45, 2.75) is 39.8 Å². The molecule has 0 aromatic rings. The summed E-state index contributed by atoms with van der Waals surface area (Å²) in [6, 6.07) is -0.0990. The molecule has 0 spiro atoms. The van der Waals surface area contributed by atoms with E-state index in [1.807, 2.05) is 39.5 Å². The zero-order valence-corrected chi connectivity index (χ0v) is 12.7. The van der Waals surface area contributed by atoms with Crippen LogP contribution in [-0.2, 0) is 4.79 Å². The summed E-state index contributed by atoms with van der Waals surface area (Å²) < 4.78 is 0. The Balaban J connectivity index is 2.35. The molecule has 4 nitrogen and oxygen atoms in total. The highest BCUT2D eigenvalue weighted by atomic mass is 32.2. The number of nitrogens with zero attached hydrogens (tertiary/aromatic N) is 1. The Morgan fingerprint density at radius 2 is 1.94 bits per heavy atom. The summed E-state index contributed by atoms with van der Waals surface area (Å²) in [6.07, 6.45) is -0.509. The Morgan fingerprint density at radius 1 is 1.39 bits per heavy atom. The first-order valence-electron chi connectivity index (χ1n) is 6.60. The number of aliphatic hydroxyl groups is 1. The molecule has 2 atom stereocenters. The summed E-state index contributed by atoms with van der Waals surface area (Å²) in [4.78, 5) is 14.2. The average molecular weight is 274 g/mol. The summed E-state index contributed by atoms with van der Waals surface area (Å²) >= 11 is 1.94. The van der Waals surface area contributed by atoms with E-state index in [-0.39, 0.29) is 17.4 Å². The van der Waals surface area contributed by atoms with E-state index in [0.717, 1.165) is 24.6 Å². The fraction of sp³-hybridized carbons (Fsp3) is 0.923. The lowest BCUT2D eigenvalue weighted by atomic mass is 9.89. The van der Waals surface area contributed by atoms with Crippen molar-refractivity contribution in [3.63, 3.8) is 0 Å². The van der Waals surface area contributed by atoms with Gasteiger partial charge in [0.1, 0.15) is 0 Å². The highest BCUT2D eigenvalue weighted by Crippen LogP contribution is 2.18. The van der Waals surface area contributed by atoms with E-state index in [1.165, 1.54) is 0 Å². The zero-order chi connectivity index (χ0) is 13.8. The van der Waals surface area contributed by atoms with Crippen molar-refractivity contribution in [3.8, 4) is 0 Å². The molecule has 0 saturated carbocycles. The number of hydrogen-bond acceptors (Lipinski definition) is 4. The standard InChI is InChI=1S/C13H26N2O2S/c1-10(15-5-7-18-8-6-15)12(17)14-9-11(16)13(2,3)4/h10-11,16H,5-9H2,1-4H3,(H,14,17). The van der Waals surface area contributed by atoms with E-state index in [9.17, 15) is 9.90 Å². The van der Waals surface area contributed by atoms with Crippen molar-refractivity contribution >= 4 is 17.7 Å². The van der Waals surface area contributed by atoms with E-state index in [4.69, 9.17) is 0 Å². The third-order valence-electron chi connectivity index (χ3n) is 3.44. The van der Waals surface area contributed by atoms with Gasteiger partial charge in [-0.2, -0.15) is 11.8 Å². The van der Waals surface area contributed by atoms with E-state index >= 15 is 0 Å². The molecule has 18 heavy (non-hydrogen) atoms. The highest BCUT2D eigenvalue weighted by Gasteiger charge is 2.26. The van der Waals surface area contributed by atoms with Gasteiger partial charge in [0.15, 0.2) is 0 Å². The van der Waals surface area contributed by atoms with Gasteiger partial charge < -0.3 is 10.4 Å². The molecule has 1 saturated heterocycles. The molecule has 0 bridgehead atoms. The third kappa shape index (κ3) is 4.78. The molecule has 0 radical (unpaired) electrons. The summed E-state index contributed by atoms with van der Waals surface area (Å²) in [6.45, 7) is 10.1. The maximum atomic E-state index is 12.0. The van der Waals surface area contributed by atoms with Crippen molar-refractivity contribution in [2.75, 3.05) is 31.1 Å². The van der Waals surface area contributed by atoms with Crippen molar-refractivity contribution in [1.82, 2.24) is 10.2 Å². The first-order valence-corrected chi connectivity index (χ1v) is 7.75. The van der Waals surface area contributed by atoms with Crippen LogP contribution in [0.4, 0.5) is 0 Å². The molecule has 106 valence electrons. The molecule has 1 heterocycles. The molecule has 0 aliphatic carbocycles. The van der Waals surface area contributed by atoms with Crippen LogP contribution in [0.5, 0.6) is 0 Å². The van der Waals surface area contributed by atoms with Crippen molar-refractivity contribution in [2.24, 2.45) is 5.41 Å². The quantitative estimate of drug-likeness (QED) is 0.801. The molecule has 2 N–H and O–H groups in total. The van der Waals surface area contributed by atoms with Crippen LogP contribution in [0.25, 0.3) is 0 Å². The molecule has 1 fully saturated rings. The maximum absolute atomic E-state index is 12.0. The number of thioether (sulfide) groups is 1. The van der Waals surface area contributed by atoms with Crippen molar-refractivity contribution in [3.05, 3.63) is 0 Å². The number of rotatable bonds is 4. The monoisotopic (exact) mass is 274 g/mol. The van der Waals surface area contributed by atoms with Gasteiger partial charge in [0.25, 0.3) is 0 Å². The Hall–Kier alpha value is -0.260. The van der Waals surface area contributed by atoms with Gasteiger partial charge in [0.2, 0.25) is 5.91 Å². The molecule has 1 aliphatic heterocycles. The summed E-state index contributed by atoms with van der Waals surface area (Å²) in [5, 5.41) is 12.7. The van der Waals surface area contributed by atoms with E-state index in [0.29, 0.717) is 6.54 Å². The van der Waals surface area contributed by atoms with Gasteiger partial charge in [-0.1, -0.05) is 20.8 Å². The summed E-state index contributed by atoms with van der Waals surface area (Å²) in [5.41, 5.74) is -0.196. The second kappa shape index (κ2) is 6.78. The molecule has 1 aliphatic rings. The van der Waals surface area contributed by atoms with Gasteiger partial charge in [0.05, 0.1) is 12.1 Å². The van der Waals surface area contributed by atoms with E-state index in [1.54, 1.807) is 0 Å². The smallest absolute Gasteiger partial charge is 0.237 e. The number of nitrogens with one attached hydrogen (secondary N) is 1. The maximum Gasteiger partial charge on any atom is 0.237 e. The molecule has 2 unspecified atom stereocenters. The van der Waals surface area contributed by atoms with Crippen LogP contribution in [0.1, 0.15) is 27.7 Å². The average Bonchev–Trinajstić information content (AvgIpc) is 2.34. The minimum atomic E-state index is -0.509. The SMILES string of the molecule is CC(C(=O)NCC(O)C(C)(C)C)N1CCSCC1. The second-order valence-electron chi connectivity index (χ2n) is 5.95. The highest BCUT2D eigenvalue weighted by molar-refractivity contribution is 7.99. The van der Waals surface area contributed by atoms with Crippen LogP contribution >= 0.6 is 11.8 Å². The summed E-state index contributed by atoms with van der Waals surface area (Å²) in [5.74, 6) is 2.22. The fourth-order valence-corrected chi connectivity index (χ4v) is 2.71. The number of hydrogen-bond donors (Lipinski definition) is 2. The molecular weight excluding hydrogens is 248 g/mol. The third-order valence-corrected chi connectivity index (χ3v) is 4.38. The number of carbonyl (C=O) groups excluding carboxylic acids is 1. The van der Waals surface area contributed by atoms with Crippen LogP contribution in [0, 0.1) is 5.41 Å². The molecule has 5 heteroatoms. The van der Waals surface area contributed by atoms with E-state index < -0.39 is 6.10 Å². The normalized spacial score (nSPS) is 21.4. The van der Waals surface area contributed by atoms with Gasteiger partial charge in [-0.25, -0.2) is 0 Å². The molecule has 0 aromatic carbocycles. The van der Waals surface area contributed by atoms with Crippen LogP contribution in [0.15, 0.2) is 0 Å². The summed E-state index contributed by atoms with van der Waals surface area (Å²) in [7, 11) is 0. The second-order valence-corrected chi connectivity index (χ2v) is 7.18. The minimum Gasteiger partial charge on any atom is -0.391 e. The predicted octanol–water partition coefficient (Wildman–Crippen LogP) is 0.947. The lowest BCUT2D eigenvalue weighted by Gasteiger charge is -2.32. The lowest BCUT2D eigenvalue weighted by molar-refractivity contribution is -0.126. The topological polar surface area (TPSA) is 52.6 Å². The van der Waals surface area contributed by atoms with Gasteiger partial charge >= 0.3 is 0 Å². The largest absolute Gasteiger partial charge is 0.391 e.